The van der Waals surface area contributed by atoms with Gasteiger partial charge in [-0.25, -0.2) is 0 Å². The summed E-state index contributed by atoms with van der Waals surface area (Å²) in [5, 5.41) is 0. The minimum Gasteiger partial charge on any atom is -0.385 e. The molecule has 0 aromatic carbocycles. The van der Waals surface area contributed by atoms with E-state index < -0.39 is 5.60 Å². The van der Waals surface area contributed by atoms with Gasteiger partial charge in [-0.2, -0.15) is 0 Å². The van der Waals surface area contributed by atoms with E-state index in [1.165, 1.54) is 12.8 Å². The van der Waals surface area contributed by atoms with Gasteiger partial charge in [0, 0.05) is 27.2 Å². The molecule has 0 N–H and O–H groups in total. The molecule has 1 saturated carbocycles. The van der Waals surface area contributed by atoms with Crippen molar-refractivity contribution in [2.75, 3.05) is 20.8 Å². The zero-order valence-electron chi connectivity index (χ0n) is 10.6. The van der Waals surface area contributed by atoms with E-state index in [0.717, 1.165) is 32.1 Å². The summed E-state index contributed by atoms with van der Waals surface area (Å²) in [6, 6.07) is 0. The second-order valence-corrected chi connectivity index (χ2v) is 4.63. The standard InChI is InChI=1S/C13H24O3/c1-15-11-7-8-12(14)13(16-2)9-5-3-4-6-10-13/h3-11H2,1-2H3. The van der Waals surface area contributed by atoms with Gasteiger partial charge in [0.05, 0.1) is 0 Å². The molecule has 1 aliphatic rings. The van der Waals surface area contributed by atoms with Crippen LogP contribution >= 0.6 is 0 Å². The Hall–Kier alpha value is -0.410. The van der Waals surface area contributed by atoms with E-state index in [4.69, 9.17) is 9.47 Å². The lowest BCUT2D eigenvalue weighted by Crippen LogP contribution is -2.40. The highest BCUT2D eigenvalue weighted by atomic mass is 16.5. The molecule has 16 heavy (non-hydrogen) atoms. The average molecular weight is 228 g/mol. The summed E-state index contributed by atoms with van der Waals surface area (Å²) in [5.41, 5.74) is -0.482. The Balaban J connectivity index is 2.51. The van der Waals surface area contributed by atoms with E-state index in [-0.39, 0.29) is 5.78 Å². The van der Waals surface area contributed by atoms with Crippen molar-refractivity contribution in [3.05, 3.63) is 0 Å². The fraction of sp³-hybridized carbons (Fsp3) is 0.923. The first-order chi connectivity index (χ1) is 7.75. The number of hydrogen-bond acceptors (Lipinski definition) is 3. The van der Waals surface area contributed by atoms with Crippen LogP contribution in [0.2, 0.25) is 0 Å². The first-order valence-corrected chi connectivity index (χ1v) is 6.32. The van der Waals surface area contributed by atoms with Gasteiger partial charge in [0.2, 0.25) is 0 Å². The average Bonchev–Trinajstić information content (AvgIpc) is 2.55. The maximum Gasteiger partial charge on any atom is 0.164 e. The van der Waals surface area contributed by atoms with Crippen LogP contribution in [0.5, 0.6) is 0 Å². The van der Waals surface area contributed by atoms with Crippen molar-refractivity contribution in [2.24, 2.45) is 0 Å². The minimum absolute atomic E-state index is 0.272. The Bertz CT molecular complexity index is 205. The van der Waals surface area contributed by atoms with Crippen molar-refractivity contribution in [1.82, 2.24) is 0 Å². The molecule has 0 atom stereocenters. The maximum atomic E-state index is 12.2. The van der Waals surface area contributed by atoms with Crippen LogP contribution in [0.25, 0.3) is 0 Å². The zero-order valence-corrected chi connectivity index (χ0v) is 10.6. The van der Waals surface area contributed by atoms with E-state index in [2.05, 4.69) is 0 Å². The molecular formula is C13H24O3. The Morgan fingerprint density at radius 3 is 2.25 bits per heavy atom. The lowest BCUT2D eigenvalue weighted by Gasteiger charge is -2.29. The van der Waals surface area contributed by atoms with E-state index in [1.54, 1.807) is 14.2 Å². The fourth-order valence-electron chi connectivity index (χ4n) is 2.50. The molecule has 0 spiro atoms. The highest BCUT2D eigenvalue weighted by Gasteiger charge is 2.37. The van der Waals surface area contributed by atoms with Crippen LogP contribution in [-0.4, -0.2) is 32.2 Å². The van der Waals surface area contributed by atoms with E-state index >= 15 is 0 Å². The molecule has 1 rings (SSSR count). The Morgan fingerprint density at radius 1 is 1.12 bits per heavy atom. The second kappa shape index (κ2) is 7.02. The Kier molecular flexibility index (Phi) is 5.99. The van der Waals surface area contributed by atoms with Crippen LogP contribution in [0.4, 0.5) is 0 Å². The number of carbonyl (C=O) groups is 1. The smallest absolute Gasteiger partial charge is 0.164 e. The second-order valence-electron chi connectivity index (χ2n) is 4.63. The van der Waals surface area contributed by atoms with Gasteiger partial charge < -0.3 is 9.47 Å². The third kappa shape index (κ3) is 3.56. The molecule has 1 aliphatic carbocycles. The molecule has 0 heterocycles. The molecular weight excluding hydrogens is 204 g/mol. The van der Waals surface area contributed by atoms with Crippen molar-refractivity contribution in [3.63, 3.8) is 0 Å². The van der Waals surface area contributed by atoms with Crippen LogP contribution in [0.3, 0.4) is 0 Å². The number of methoxy groups -OCH3 is 2. The van der Waals surface area contributed by atoms with Gasteiger partial charge >= 0.3 is 0 Å². The summed E-state index contributed by atoms with van der Waals surface area (Å²) in [6.45, 7) is 0.658. The van der Waals surface area contributed by atoms with Crippen LogP contribution in [0.15, 0.2) is 0 Å². The number of rotatable bonds is 6. The molecule has 0 aromatic rings. The summed E-state index contributed by atoms with van der Waals surface area (Å²) >= 11 is 0. The third-order valence-corrected chi connectivity index (χ3v) is 3.56. The van der Waals surface area contributed by atoms with Crippen molar-refractivity contribution in [3.8, 4) is 0 Å². The molecule has 0 bridgehead atoms. The number of Topliss-reactive ketones (excluding diaryl/α,β-unsaturated/α-hetero) is 1. The Morgan fingerprint density at radius 2 is 1.75 bits per heavy atom. The maximum absolute atomic E-state index is 12.2. The van der Waals surface area contributed by atoms with Gasteiger partial charge in [-0.3, -0.25) is 4.79 Å². The molecule has 3 nitrogen and oxygen atoms in total. The third-order valence-electron chi connectivity index (χ3n) is 3.56. The van der Waals surface area contributed by atoms with Crippen LogP contribution in [0.1, 0.15) is 51.4 Å². The van der Waals surface area contributed by atoms with Gasteiger partial charge in [-0.05, 0) is 19.3 Å². The molecule has 3 heteroatoms. The first-order valence-electron chi connectivity index (χ1n) is 6.32. The Labute approximate surface area is 98.5 Å². The molecule has 0 aromatic heterocycles. The van der Waals surface area contributed by atoms with Crippen molar-refractivity contribution in [1.29, 1.82) is 0 Å². The van der Waals surface area contributed by atoms with Gasteiger partial charge in [-0.15, -0.1) is 0 Å². The quantitative estimate of drug-likeness (QED) is 0.518. The van der Waals surface area contributed by atoms with E-state index in [1.807, 2.05) is 0 Å². The summed E-state index contributed by atoms with van der Waals surface area (Å²) in [6.07, 6.45) is 7.88. The van der Waals surface area contributed by atoms with Gasteiger partial charge in [-0.1, -0.05) is 25.7 Å². The van der Waals surface area contributed by atoms with Crippen molar-refractivity contribution >= 4 is 5.78 Å². The highest BCUT2D eigenvalue weighted by Crippen LogP contribution is 2.32. The number of ketones is 1. The topological polar surface area (TPSA) is 35.5 Å². The number of ether oxygens (including phenoxy) is 2. The van der Waals surface area contributed by atoms with Gasteiger partial charge in [0.1, 0.15) is 5.60 Å². The lowest BCUT2D eigenvalue weighted by molar-refractivity contribution is -0.143. The first kappa shape index (κ1) is 13.7. The predicted octanol–water partition coefficient (Wildman–Crippen LogP) is 2.72. The van der Waals surface area contributed by atoms with Gasteiger partial charge in [0.15, 0.2) is 5.78 Å². The summed E-state index contributed by atoms with van der Waals surface area (Å²) in [7, 11) is 3.35. The zero-order chi connectivity index (χ0) is 11.9. The van der Waals surface area contributed by atoms with Gasteiger partial charge in [0.25, 0.3) is 0 Å². The monoisotopic (exact) mass is 228 g/mol. The summed E-state index contributed by atoms with van der Waals surface area (Å²) in [5.74, 6) is 0.272. The summed E-state index contributed by atoms with van der Waals surface area (Å²) in [4.78, 5) is 12.2. The molecule has 0 amide bonds. The normalized spacial score (nSPS) is 20.4. The number of carbonyl (C=O) groups excluding carboxylic acids is 1. The number of hydrogen-bond donors (Lipinski definition) is 0. The lowest BCUT2D eigenvalue weighted by atomic mass is 9.87. The van der Waals surface area contributed by atoms with Crippen molar-refractivity contribution < 1.29 is 14.3 Å². The van der Waals surface area contributed by atoms with Crippen LogP contribution in [-0.2, 0) is 14.3 Å². The van der Waals surface area contributed by atoms with Crippen molar-refractivity contribution in [2.45, 2.75) is 57.0 Å². The molecule has 0 aliphatic heterocycles. The van der Waals surface area contributed by atoms with E-state index in [0.29, 0.717) is 13.0 Å². The molecule has 0 radical (unpaired) electrons. The fourth-order valence-corrected chi connectivity index (χ4v) is 2.50. The SMILES string of the molecule is COCCCC(=O)C1(OC)CCCCCC1. The van der Waals surface area contributed by atoms with E-state index in [9.17, 15) is 4.79 Å². The molecule has 1 fully saturated rings. The minimum atomic E-state index is -0.482. The predicted molar refractivity (Wildman–Crippen MR) is 63.6 cm³/mol. The molecule has 94 valence electrons. The molecule has 0 unspecified atom stereocenters. The largest absolute Gasteiger partial charge is 0.385 e. The van der Waals surface area contributed by atoms with Crippen LogP contribution in [0, 0.1) is 0 Å². The highest BCUT2D eigenvalue weighted by molar-refractivity contribution is 5.87. The summed E-state index contributed by atoms with van der Waals surface area (Å²) < 4.78 is 10.5. The van der Waals surface area contributed by atoms with Crippen LogP contribution < -0.4 is 0 Å². The molecule has 0 saturated heterocycles.